The van der Waals surface area contributed by atoms with E-state index in [1.807, 2.05) is 55.4 Å². The third-order valence-corrected chi connectivity index (χ3v) is 4.95. The first-order chi connectivity index (χ1) is 13.5. The Labute approximate surface area is 188 Å². The molecule has 3 rings (SSSR count). The van der Waals surface area contributed by atoms with Crippen LogP contribution in [0, 0.1) is 20.8 Å². The minimum atomic E-state index is 0. The lowest BCUT2D eigenvalue weighted by molar-refractivity contribution is 0.711. The molecule has 2 N–H and O–H groups in total. The number of rotatable bonds is 6. The van der Waals surface area contributed by atoms with Crippen LogP contribution in [0.25, 0.3) is 0 Å². The molecule has 0 saturated carbocycles. The summed E-state index contributed by atoms with van der Waals surface area (Å²) in [5.41, 5.74) is 4.52. The molecule has 29 heavy (non-hydrogen) atoms. The van der Waals surface area contributed by atoms with E-state index in [1.165, 1.54) is 5.56 Å². The van der Waals surface area contributed by atoms with Gasteiger partial charge in [0.2, 0.25) is 0 Å². The van der Waals surface area contributed by atoms with Crippen molar-refractivity contribution >= 4 is 29.9 Å². The molecule has 0 bridgehead atoms. The van der Waals surface area contributed by atoms with Crippen molar-refractivity contribution in [1.82, 2.24) is 35.2 Å². The number of aliphatic imine (C=N–C) groups is 1. The predicted molar refractivity (Wildman–Crippen MR) is 125 cm³/mol. The highest BCUT2D eigenvalue weighted by atomic mass is 127. The van der Waals surface area contributed by atoms with Gasteiger partial charge in [-0.15, -0.1) is 34.2 Å². The second kappa shape index (κ2) is 10.4. The maximum Gasteiger partial charge on any atom is 0.192 e. The van der Waals surface area contributed by atoms with Crippen molar-refractivity contribution < 1.29 is 0 Å². The number of nitrogens with zero attached hydrogens (tertiary/aromatic N) is 6. The van der Waals surface area contributed by atoms with E-state index in [0.29, 0.717) is 19.6 Å². The number of guanidine groups is 1. The molecule has 0 aliphatic carbocycles. The molecule has 0 radical (unpaired) electrons. The number of aryl methyl sites for hydroxylation is 3. The van der Waals surface area contributed by atoms with E-state index < -0.39 is 0 Å². The van der Waals surface area contributed by atoms with E-state index in [1.54, 1.807) is 0 Å². The molecular formula is C20H29IN8. The molecule has 0 saturated heterocycles. The second-order valence-electron chi connectivity index (χ2n) is 6.85. The molecule has 0 spiro atoms. The maximum atomic E-state index is 4.74. The summed E-state index contributed by atoms with van der Waals surface area (Å²) in [6.45, 7) is 7.84. The minimum absolute atomic E-state index is 0. The first kappa shape index (κ1) is 22.9. The highest BCUT2D eigenvalue weighted by Gasteiger charge is 2.11. The Morgan fingerprint density at radius 2 is 1.69 bits per heavy atom. The molecule has 8 nitrogen and oxygen atoms in total. The number of aromatic nitrogens is 5. The topological polar surface area (TPSA) is 84.9 Å². The van der Waals surface area contributed by atoms with Gasteiger partial charge in [0.15, 0.2) is 11.8 Å². The normalized spacial score (nSPS) is 11.3. The number of hydrogen-bond donors (Lipinski definition) is 2. The Balaban J connectivity index is 0.00000300. The van der Waals surface area contributed by atoms with Crippen LogP contribution in [-0.4, -0.2) is 30.5 Å². The molecule has 1 aromatic carbocycles. The molecule has 2 heterocycles. The third kappa shape index (κ3) is 5.78. The van der Waals surface area contributed by atoms with Gasteiger partial charge < -0.3 is 15.2 Å². The van der Waals surface area contributed by atoms with Crippen LogP contribution in [0.3, 0.4) is 0 Å². The largest absolute Gasteiger partial charge is 0.352 e. The Kier molecular flexibility index (Phi) is 8.18. The zero-order valence-corrected chi connectivity index (χ0v) is 19.9. The van der Waals surface area contributed by atoms with E-state index in [4.69, 9.17) is 4.99 Å². The third-order valence-electron chi connectivity index (χ3n) is 4.95. The van der Waals surface area contributed by atoms with Crippen molar-refractivity contribution in [2.24, 2.45) is 19.1 Å². The van der Waals surface area contributed by atoms with E-state index in [2.05, 4.69) is 45.0 Å². The van der Waals surface area contributed by atoms with Crippen LogP contribution >= 0.6 is 24.0 Å². The van der Waals surface area contributed by atoms with E-state index in [9.17, 15) is 0 Å². The summed E-state index contributed by atoms with van der Waals surface area (Å²) >= 11 is 0. The maximum absolute atomic E-state index is 4.74. The van der Waals surface area contributed by atoms with Crippen molar-refractivity contribution in [2.75, 3.05) is 0 Å². The number of benzene rings is 1. The second-order valence-corrected chi connectivity index (χ2v) is 6.85. The first-order valence-electron chi connectivity index (χ1n) is 9.35. The van der Waals surface area contributed by atoms with Crippen molar-refractivity contribution in [2.45, 2.75) is 40.4 Å². The molecule has 0 unspecified atom stereocenters. The fourth-order valence-corrected chi connectivity index (χ4v) is 2.94. The van der Waals surface area contributed by atoms with Gasteiger partial charge in [0, 0.05) is 31.9 Å². The van der Waals surface area contributed by atoms with Crippen LogP contribution in [0.4, 0.5) is 0 Å². The Morgan fingerprint density at radius 3 is 2.28 bits per heavy atom. The SMILES string of the molecule is Cc1nn(C)c(C)c1CNC(=NCc1ccccc1)NCc1nnc(C)n1C.I. The van der Waals surface area contributed by atoms with Crippen molar-refractivity contribution in [3.63, 3.8) is 0 Å². The molecule has 0 aliphatic rings. The van der Waals surface area contributed by atoms with Crippen LogP contribution in [-0.2, 0) is 33.7 Å². The van der Waals surface area contributed by atoms with Crippen molar-refractivity contribution in [1.29, 1.82) is 0 Å². The van der Waals surface area contributed by atoms with E-state index >= 15 is 0 Å². The summed E-state index contributed by atoms with van der Waals surface area (Å²) in [6.07, 6.45) is 0. The zero-order chi connectivity index (χ0) is 20.1. The fraction of sp³-hybridized carbons (Fsp3) is 0.400. The first-order valence-corrected chi connectivity index (χ1v) is 9.35. The zero-order valence-electron chi connectivity index (χ0n) is 17.6. The van der Waals surface area contributed by atoms with Gasteiger partial charge in [-0.2, -0.15) is 5.10 Å². The van der Waals surface area contributed by atoms with Crippen molar-refractivity contribution in [3.8, 4) is 0 Å². The van der Waals surface area contributed by atoms with E-state index in [0.717, 1.165) is 34.6 Å². The monoisotopic (exact) mass is 508 g/mol. The molecule has 156 valence electrons. The average Bonchev–Trinajstić information content (AvgIpc) is 3.14. The van der Waals surface area contributed by atoms with Gasteiger partial charge in [-0.05, 0) is 26.3 Å². The van der Waals surface area contributed by atoms with Crippen LogP contribution in [0.1, 0.15) is 34.2 Å². The van der Waals surface area contributed by atoms with Crippen LogP contribution in [0.5, 0.6) is 0 Å². The molecule has 2 aromatic heterocycles. The summed E-state index contributed by atoms with van der Waals surface area (Å²) in [7, 11) is 3.92. The molecule has 0 amide bonds. The lowest BCUT2D eigenvalue weighted by Crippen LogP contribution is -2.37. The summed E-state index contributed by atoms with van der Waals surface area (Å²) in [5, 5.41) is 19.6. The highest BCUT2D eigenvalue weighted by Crippen LogP contribution is 2.11. The molecular weight excluding hydrogens is 479 g/mol. The number of nitrogens with one attached hydrogen (secondary N) is 2. The van der Waals surface area contributed by atoms with E-state index in [-0.39, 0.29) is 24.0 Å². The van der Waals surface area contributed by atoms with Gasteiger partial charge in [-0.1, -0.05) is 30.3 Å². The Morgan fingerprint density at radius 1 is 1.00 bits per heavy atom. The number of halogens is 1. The molecule has 9 heteroatoms. The molecule has 0 atom stereocenters. The highest BCUT2D eigenvalue weighted by molar-refractivity contribution is 14.0. The fourth-order valence-electron chi connectivity index (χ4n) is 2.94. The quantitative estimate of drug-likeness (QED) is 0.304. The average molecular weight is 508 g/mol. The van der Waals surface area contributed by atoms with Gasteiger partial charge in [0.1, 0.15) is 5.82 Å². The lowest BCUT2D eigenvalue weighted by atomic mass is 10.2. The standard InChI is InChI=1S/C20H28N8.HI/c1-14-18(15(2)28(5)26-14)12-22-20(21-11-17-9-7-6-8-10-17)23-13-19-25-24-16(3)27(19)4;/h6-10H,11-13H2,1-5H3,(H2,21,22,23);1H. The van der Waals surface area contributed by atoms with Crippen LogP contribution in [0.15, 0.2) is 35.3 Å². The summed E-state index contributed by atoms with van der Waals surface area (Å²) in [5.74, 6) is 2.47. The van der Waals surface area contributed by atoms with Gasteiger partial charge in [-0.25, -0.2) is 4.99 Å². The Bertz CT molecular complexity index is 959. The minimum Gasteiger partial charge on any atom is -0.352 e. The van der Waals surface area contributed by atoms with Gasteiger partial charge >= 0.3 is 0 Å². The Hall–Kier alpha value is -2.43. The smallest absolute Gasteiger partial charge is 0.192 e. The summed E-state index contributed by atoms with van der Waals surface area (Å²) in [4.78, 5) is 4.74. The van der Waals surface area contributed by atoms with Crippen LogP contribution < -0.4 is 10.6 Å². The molecule has 0 aliphatic heterocycles. The summed E-state index contributed by atoms with van der Waals surface area (Å²) in [6, 6.07) is 10.2. The van der Waals surface area contributed by atoms with Crippen LogP contribution in [0.2, 0.25) is 0 Å². The summed E-state index contributed by atoms with van der Waals surface area (Å²) < 4.78 is 3.88. The van der Waals surface area contributed by atoms with Gasteiger partial charge in [0.25, 0.3) is 0 Å². The lowest BCUT2D eigenvalue weighted by Gasteiger charge is -2.13. The predicted octanol–water partition coefficient (Wildman–Crippen LogP) is 2.53. The molecule has 0 fully saturated rings. The van der Waals surface area contributed by atoms with Gasteiger partial charge in [0.05, 0.1) is 18.8 Å². The van der Waals surface area contributed by atoms with Gasteiger partial charge in [-0.3, -0.25) is 4.68 Å². The van der Waals surface area contributed by atoms with Crippen molar-refractivity contribution in [3.05, 3.63) is 64.5 Å². The molecule has 3 aromatic rings. The number of hydrogen-bond acceptors (Lipinski definition) is 4.